The van der Waals surface area contributed by atoms with Crippen molar-refractivity contribution in [1.29, 1.82) is 0 Å². The van der Waals surface area contributed by atoms with Crippen LogP contribution in [0.3, 0.4) is 0 Å². The minimum Gasteiger partial charge on any atom is -0.508 e. The lowest BCUT2D eigenvalue weighted by molar-refractivity contribution is -0.137. The minimum absolute atomic E-state index is 0.235. The van der Waals surface area contributed by atoms with E-state index in [1.165, 1.54) is 30.0 Å². The summed E-state index contributed by atoms with van der Waals surface area (Å²) in [5.74, 6) is -0.545. The summed E-state index contributed by atoms with van der Waals surface area (Å²) >= 11 is 1.38. The van der Waals surface area contributed by atoms with Crippen LogP contribution in [0.1, 0.15) is 5.56 Å². The van der Waals surface area contributed by atoms with Crippen LogP contribution < -0.4 is 0 Å². The third-order valence-corrected chi connectivity index (χ3v) is 4.54. The van der Waals surface area contributed by atoms with Gasteiger partial charge in [-0.1, -0.05) is 30.0 Å². The highest BCUT2D eigenvalue weighted by molar-refractivity contribution is 7.99. The maximum absolute atomic E-state index is 13.4. The lowest BCUT2D eigenvalue weighted by Crippen LogP contribution is -2.10. The molecule has 0 spiro atoms. The summed E-state index contributed by atoms with van der Waals surface area (Å²) in [5.41, 5.74) is 1.84. The van der Waals surface area contributed by atoms with E-state index in [4.69, 9.17) is 5.11 Å². The van der Waals surface area contributed by atoms with Gasteiger partial charge in [0.2, 0.25) is 0 Å². The molecule has 0 saturated heterocycles. The van der Waals surface area contributed by atoms with Gasteiger partial charge in [0.05, 0.1) is 11.0 Å². The molecule has 0 amide bonds. The van der Waals surface area contributed by atoms with Crippen molar-refractivity contribution in [3.63, 3.8) is 0 Å². The van der Waals surface area contributed by atoms with E-state index in [0.717, 1.165) is 5.56 Å². The zero-order chi connectivity index (χ0) is 17.1. The van der Waals surface area contributed by atoms with E-state index in [9.17, 15) is 14.3 Å². The van der Waals surface area contributed by atoms with Crippen LogP contribution in [-0.2, 0) is 17.8 Å². The second-order valence-electron chi connectivity index (χ2n) is 5.23. The van der Waals surface area contributed by atoms with Gasteiger partial charge in [0, 0.05) is 11.8 Å². The van der Waals surface area contributed by atoms with E-state index in [2.05, 4.69) is 4.98 Å². The minimum atomic E-state index is -0.985. The molecule has 0 fully saturated rings. The molecule has 1 aromatic heterocycles. The first-order chi connectivity index (χ1) is 11.5. The number of fused-ring (bicyclic) bond motifs is 1. The number of halogens is 1. The molecule has 0 saturated carbocycles. The van der Waals surface area contributed by atoms with Crippen LogP contribution in [0.15, 0.2) is 47.6 Å². The Balaban J connectivity index is 1.82. The number of thioether (sulfide) groups is 1. The monoisotopic (exact) mass is 346 g/mol. The maximum atomic E-state index is 13.4. The van der Waals surface area contributed by atoms with Crippen molar-refractivity contribution >= 4 is 28.8 Å². The molecule has 0 aliphatic carbocycles. The second kappa shape index (κ2) is 6.92. The zero-order valence-electron chi connectivity index (χ0n) is 12.6. The molecule has 2 N–H and O–H groups in total. The molecule has 3 rings (SSSR count). The first kappa shape index (κ1) is 16.3. The molecular formula is C17H15FN2O3S. The Labute approximate surface area is 141 Å². The first-order valence-electron chi connectivity index (χ1n) is 7.32. The number of phenols is 1. The van der Waals surface area contributed by atoms with Crippen molar-refractivity contribution in [2.24, 2.45) is 0 Å². The highest BCUT2D eigenvalue weighted by Gasteiger charge is 2.14. The second-order valence-corrected chi connectivity index (χ2v) is 6.30. The number of aromatic nitrogens is 2. The number of aromatic hydroxyl groups is 1. The largest absolute Gasteiger partial charge is 0.508 e. The smallest absolute Gasteiger partial charge is 0.323 e. The van der Waals surface area contributed by atoms with Gasteiger partial charge in [0.25, 0.3) is 0 Å². The standard InChI is InChI=1S/C17H15FN2O3S/c18-12-5-6-14-13(9-12)19-17(20(14)10-16(22)23)24-8-7-11-3-1-2-4-15(11)21/h1-6,9,21H,7-8,10H2,(H,22,23). The molecule has 0 unspecified atom stereocenters. The van der Waals surface area contributed by atoms with Gasteiger partial charge >= 0.3 is 5.97 Å². The lowest BCUT2D eigenvalue weighted by Gasteiger charge is -2.07. The molecule has 0 aliphatic heterocycles. The van der Waals surface area contributed by atoms with Crippen LogP contribution in [-0.4, -0.2) is 31.5 Å². The highest BCUT2D eigenvalue weighted by Crippen LogP contribution is 2.26. The summed E-state index contributed by atoms with van der Waals surface area (Å²) in [5, 5.41) is 19.4. The predicted molar refractivity (Wildman–Crippen MR) is 89.9 cm³/mol. The quantitative estimate of drug-likeness (QED) is 0.670. The topological polar surface area (TPSA) is 75.3 Å². The van der Waals surface area contributed by atoms with Crippen LogP contribution >= 0.6 is 11.8 Å². The normalized spacial score (nSPS) is 11.0. The van der Waals surface area contributed by atoms with E-state index in [1.807, 2.05) is 12.1 Å². The van der Waals surface area contributed by atoms with Crippen LogP contribution in [0, 0.1) is 5.82 Å². The molecule has 0 atom stereocenters. The number of imidazole rings is 1. The van der Waals surface area contributed by atoms with E-state index in [1.54, 1.807) is 16.7 Å². The van der Waals surface area contributed by atoms with Crippen molar-refractivity contribution in [3.8, 4) is 5.75 Å². The van der Waals surface area contributed by atoms with E-state index >= 15 is 0 Å². The molecule has 3 aromatic rings. The Kier molecular flexibility index (Phi) is 4.71. The van der Waals surface area contributed by atoms with E-state index in [0.29, 0.717) is 28.4 Å². The van der Waals surface area contributed by atoms with Gasteiger partial charge in [-0.25, -0.2) is 9.37 Å². The Morgan fingerprint density at radius 2 is 2.04 bits per heavy atom. The van der Waals surface area contributed by atoms with Gasteiger partial charge in [-0.2, -0.15) is 0 Å². The number of benzene rings is 2. The first-order valence-corrected chi connectivity index (χ1v) is 8.30. The average molecular weight is 346 g/mol. The third-order valence-electron chi connectivity index (χ3n) is 3.56. The molecular weight excluding hydrogens is 331 g/mol. The number of carboxylic acid groups (broad SMARTS) is 1. The number of phenolic OH excluding ortho intramolecular Hbond substituents is 1. The van der Waals surface area contributed by atoms with Crippen molar-refractivity contribution in [2.45, 2.75) is 18.1 Å². The summed E-state index contributed by atoms with van der Waals surface area (Å²) in [6.45, 7) is -0.235. The zero-order valence-corrected chi connectivity index (χ0v) is 13.5. The summed E-state index contributed by atoms with van der Waals surface area (Å²) in [7, 11) is 0. The molecule has 0 radical (unpaired) electrons. The predicted octanol–water partition coefficient (Wildman–Crippen LogP) is 3.30. The number of nitrogens with zero attached hydrogens (tertiary/aromatic N) is 2. The van der Waals surface area contributed by atoms with Crippen LogP contribution in [0.4, 0.5) is 4.39 Å². The molecule has 2 aromatic carbocycles. The summed E-state index contributed by atoms with van der Waals surface area (Å²) in [6.07, 6.45) is 0.613. The van der Waals surface area contributed by atoms with Crippen molar-refractivity contribution in [1.82, 2.24) is 9.55 Å². The number of hydrogen-bond donors (Lipinski definition) is 2. The fourth-order valence-corrected chi connectivity index (χ4v) is 3.44. The Morgan fingerprint density at radius 3 is 2.79 bits per heavy atom. The number of carboxylic acids is 1. The van der Waals surface area contributed by atoms with Crippen LogP contribution in [0.25, 0.3) is 11.0 Å². The Hall–Kier alpha value is -2.54. The Morgan fingerprint density at radius 1 is 1.25 bits per heavy atom. The van der Waals surface area contributed by atoms with Gasteiger partial charge in [-0.15, -0.1) is 0 Å². The number of aryl methyl sites for hydroxylation is 1. The van der Waals surface area contributed by atoms with Gasteiger partial charge < -0.3 is 14.8 Å². The molecule has 0 aliphatic rings. The van der Waals surface area contributed by atoms with Crippen LogP contribution in [0.2, 0.25) is 0 Å². The number of para-hydroxylation sites is 1. The number of carbonyl (C=O) groups is 1. The Bertz CT molecular complexity index is 895. The number of rotatable bonds is 6. The summed E-state index contributed by atoms with van der Waals surface area (Å²) in [6, 6.07) is 11.2. The molecule has 7 heteroatoms. The summed E-state index contributed by atoms with van der Waals surface area (Å²) in [4.78, 5) is 15.4. The molecule has 0 bridgehead atoms. The fourth-order valence-electron chi connectivity index (χ4n) is 2.45. The van der Waals surface area contributed by atoms with Crippen LogP contribution in [0.5, 0.6) is 5.75 Å². The number of hydrogen-bond acceptors (Lipinski definition) is 4. The number of aliphatic carboxylic acids is 1. The van der Waals surface area contributed by atoms with Crippen molar-refractivity contribution in [2.75, 3.05) is 5.75 Å². The SMILES string of the molecule is O=C(O)Cn1c(SCCc2ccccc2O)nc2cc(F)ccc21. The van der Waals surface area contributed by atoms with E-state index < -0.39 is 11.8 Å². The molecule has 124 valence electrons. The maximum Gasteiger partial charge on any atom is 0.323 e. The van der Waals surface area contributed by atoms with E-state index in [-0.39, 0.29) is 12.3 Å². The third kappa shape index (κ3) is 3.51. The fraction of sp³-hybridized carbons (Fsp3) is 0.176. The average Bonchev–Trinajstić information content (AvgIpc) is 2.85. The van der Waals surface area contributed by atoms with Crippen molar-refractivity contribution in [3.05, 3.63) is 53.8 Å². The van der Waals surface area contributed by atoms with Gasteiger partial charge in [-0.05, 0) is 30.2 Å². The summed E-state index contributed by atoms with van der Waals surface area (Å²) < 4.78 is 14.9. The highest BCUT2D eigenvalue weighted by atomic mass is 32.2. The molecule has 5 nitrogen and oxygen atoms in total. The molecule has 24 heavy (non-hydrogen) atoms. The van der Waals surface area contributed by atoms with Gasteiger partial charge in [0.1, 0.15) is 18.1 Å². The lowest BCUT2D eigenvalue weighted by atomic mass is 10.1. The van der Waals surface area contributed by atoms with Gasteiger partial charge in [-0.3, -0.25) is 4.79 Å². The van der Waals surface area contributed by atoms with Gasteiger partial charge in [0.15, 0.2) is 5.16 Å². The molecule has 1 heterocycles. The van der Waals surface area contributed by atoms with Crippen molar-refractivity contribution < 1.29 is 19.4 Å².